The van der Waals surface area contributed by atoms with Gasteiger partial charge in [-0.15, -0.1) is 0 Å². The van der Waals surface area contributed by atoms with E-state index in [0.29, 0.717) is 10.0 Å². The molecule has 2 N–H and O–H groups in total. The number of hydrogen-bond acceptors (Lipinski definition) is 2. The minimum atomic E-state index is -0.328. The molecule has 1 heterocycles. The molecule has 0 fully saturated rings. The fourth-order valence-electron chi connectivity index (χ4n) is 1.83. The summed E-state index contributed by atoms with van der Waals surface area (Å²) in [5.74, 6) is 0. The molecule has 2 aromatic rings. The lowest BCUT2D eigenvalue weighted by Crippen LogP contribution is -2.18. The maximum atomic E-state index is 6.30. The first-order valence-corrected chi connectivity index (χ1v) is 7.29. The van der Waals surface area contributed by atoms with Crippen LogP contribution in [0.25, 0.3) is 0 Å². The Balaban J connectivity index is 2.50. The van der Waals surface area contributed by atoms with E-state index in [-0.39, 0.29) is 6.04 Å². The van der Waals surface area contributed by atoms with Crippen molar-refractivity contribution in [1.29, 1.82) is 0 Å². The average molecular weight is 396 g/mol. The van der Waals surface area contributed by atoms with Crippen molar-refractivity contribution >= 4 is 45.8 Å². The fraction of sp³-hybridized carbons (Fsp3) is 0.250. The third-order valence-electron chi connectivity index (χ3n) is 2.72. The Morgan fingerprint density at radius 2 is 2.17 bits per heavy atom. The second-order valence-electron chi connectivity index (χ2n) is 3.84. The smallest absolute Gasteiger partial charge is 0.0837 e. The third-order valence-corrected chi connectivity index (χ3v) is 4.23. The molecule has 0 spiro atoms. The normalized spacial score (nSPS) is 12.7. The third kappa shape index (κ3) is 2.66. The molecule has 1 aromatic heterocycles. The Bertz CT molecular complexity index is 568. The summed E-state index contributed by atoms with van der Waals surface area (Å²) in [5, 5.41) is 5.45. The van der Waals surface area contributed by atoms with Crippen molar-refractivity contribution in [2.45, 2.75) is 19.5 Å². The van der Waals surface area contributed by atoms with Crippen molar-refractivity contribution in [2.24, 2.45) is 5.73 Å². The molecule has 0 bridgehead atoms. The van der Waals surface area contributed by atoms with Gasteiger partial charge in [-0.25, -0.2) is 0 Å². The summed E-state index contributed by atoms with van der Waals surface area (Å²) in [6.07, 6.45) is 1.62. The Hall–Kier alpha value is -0.300. The van der Waals surface area contributed by atoms with Crippen LogP contribution in [0.3, 0.4) is 0 Å². The molecule has 18 heavy (non-hydrogen) atoms. The zero-order valence-electron chi connectivity index (χ0n) is 9.70. The van der Waals surface area contributed by atoms with Gasteiger partial charge in [0, 0.05) is 15.1 Å². The van der Waals surface area contributed by atoms with Crippen molar-refractivity contribution in [3.05, 3.63) is 49.3 Å². The van der Waals surface area contributed by atoms with E-state index in [1.54, 1.807) is 6.20 Å². The van der Waals surface area contributed by atoms with Gasteiger partial charge in [0.1, 0.15) is 0 Å². The lowest BCUT2D eigenvalue weighted by molar-refractivity contribution is 0.600. The van der Waals surface area contributed by atoms with E-state index in [2.05, 4.69) is 27.7 Å². The summed E-state index contributed by atoms with van der Waals surface area (Å²) in [4.78, 5) is 0. The second kappa shape index (κ2) is 5.77. The van der Waals surface area contributed by atoms with Crippen molar-refractivity contribution < 1.29 is 0 Å². The number of benzene rings is 1. The zero-order chi connectivity index (χ0) is 13.3. The summed E-state index contributed by atoms with van der Waals surface area (Å²) in [6, 6.07) is 5.33. The van der Waals surface area contributed by atoms with Gasteiger partial charge < -0.3 is 5.73 Å². The van der Waals surface area contributed by atoms with Gasteiger partial charge in [0.15, 0.2) is 0 Å². The van der Waals surface area contributed by atoms with Crippen LogP contribution in [0, 0.1) is 3.57 Å². The molecule has 0 radical (unpaired) electrons. The number of nitrogens with two attached hydrogens (primary N) is 1. The van der Waals surface area contributed by atoms with Crippen LogP contribution in [0.15, 0.2) is 24.4 Å². The molecule has 0 aliphatic rings. The zero-order valence-corrected chi connectivity index (χ0v) is 13.4. The molecule has 3 nitrogen and oxygen atoms in total. The molecule has 6 heteroatoms. The second-order valence-corrected chi connectivity index (χ2v) is 5.84. The minimum absolute atomic E-state index is 0.328. The van der Waals surface area contributed by atoms with Gasteiger partial charge in [-0.2, -0.15) is 5.10 Å². The van der Waals surface area contributed by atoms with Crippen LogP contribution < -0.4 is 5.73 Å². The predicted octanol–water partition coefficient (Wildman–Crippen LogP) is 3.86. The number of hydrogen-bond donors (Lipinski definition) is 1. The first-order valence-electron chi connectivity index (χ1n) is 5.46. The van der Waals surface area contributed by atoms with Crippen molar-refractivity contribution in [3.63, 3.8) is 0 Å². The Morgan fingerprint density at radius 1 is 1.44 bits per heavy atom. The van der Waals surface area contributed by atoms with E-state index in [4.69, 9.17) is 28.9 Å². The van der Waals surface area contributed by atoms with Gasteiger partial charge in [0.2, 0.25) is 0 Å². The van der Waals surface area contributed by atoms with E-state index < -0.39 is 0 Å². The highest BCUT2D eigenvalue weighted by atomic mass is 127. The SMILES string of the molecule is CCn1ncc(Cl)c1C(N)c1cc(Cl)ccc1I. The largest absolute Gasteiger partial charge is 0.319 e. The van der Waals surface area contributed by atoms with E-state index in [1.807, 2.05) is 29.8 Å². The van der Waals surface area contributed by atoms with Crippen LogP contribution in [0.5, 0.6) is 0 Å². The Morgan fingerprint density at radius 3 is 2.83 bits per heavy atom. The maximum Gasteiger partial charge on any atom is 0.0837 e. The van der Waals surface area contributed by atoms with Gasteiger partial charge in [0.05, 0.1) is 23.0 Å². The van der Waals surface area contributed by atoms with Gasteiger partial charge >= 0.3 is 0 Å². The summed E-state index contributed by atoms with van der Waals surface area (Å²) in [5.41, 5.74) is 8.08. The van der Waals surface area contributed by atoms with Crippen LogP contribution in [0.4, 0.5) is 0 Å². The summed E-state index contributed by atoms with van der Waals surface area (Å²) >= 11 is 14.4. The molecular formula is C12H12Cl2IN3. The summed E-state index contributed by atoms with van der Waals surface area (Å²) in [6.45, 7) is 2.73. The average Bonchev–Trinajstić information content (AvgIpc) is 2.72. The Kier molecular flexibility index (Phi) is 4.53. The molecular weight excluding hydrogens is 384 g/mol. The first kappa shape index (κ1) is 14.1. The van der Waals surface area contributed by atoms with Crippen LogP contribution in [0.2, 0.25) is 10.0 Å². The minimum Gasteiger partial charge on any atom is -0.319 e. The molecule has 2 rings (SSSR count). The number of halogens is 3. The highest BCUT2D eigenvalue weighted by Crippen LogP contribution is 2.30. The molecule has 0 amide bonds. The van der Waals surface area contributed by atoms with Crippen LogP contribution >= 0.6 is 45.8 Å². The fourth-order valence-corrected chi connectivity index (χ4v) is 2.94. The van der Waals surface area contributed by atoms with E-state index in [9.17, 15) is 0 Å². The van der Waals surface area contributed by atoms with Gasteiger partial charge in [-0.05, 0) is 53.3 Å². The molecule has 1 unspecified atom stereocenters. The first-order chi connectivity index (χ1) is 8.54. The van der Waals surface area contributed by atoms with Crippen LogP contribution in [-0.2, 0) is 6.54 Å². The van der Waals surface area contributed by atoms with E-state index in [0.717, 1.165) is 21.4 Å². The lowest BCUT2D eigenvalue weighted by atomic mass is 10.0. The number of aromatic nitrogens is 2. The molecule has 1 aromatic carbocycles. The van der Waals surface area contributed by atoms with E-state index in [1.165, 1.54) is 0 Å². The van der Waals surface area contributed by atoms with E-state index >= 15 is 0 Å². The number of nitrogens with zero attached hydrogens (tertiary/aromatic N) is 2. The molecule has 0 saturated carbocycles. The van der Waals surface area contributed by atoms with Crippen LogP contribution in [-0.4, -0.2) is 9.78 Å². The summed E-state index contributed by atoms with van der Waals surface area (Å²) in [7, 11) is 0. The van der Waals surface area contributed by atoms with Crippen molar-refractivity contribution in [1.82, 2.24) is 9.78 Å². The van der Waals surface area contributed by atoms with Gasteiger partial charge in [-0.3, -0.25) is 4.68 Å². The molecule has 0 aliphatic carbocycles. The van der Waals surface area contributed by atoms with Crippen molar-refractivity contribution in [3.8, 4) is 0 Å². The van der Waals surface area contributed by atoms with Crippen LogP contribution in [0.1, 0.15) is 24.2 Å². The van der Waals surface area contributed by atoms with Gasteiger partial charge in [-0.1, -0.05) is 23.2 Å². The molecule has 0 saturated heterocycles. The number of aryl methyl sites for hydroxylation is 1. The lowest BCUT2D eigenvalue weighted by Gasteiger charge is -2.16. The molecule has 96 valence electrons. The van der Waals surface area contributed by atoms with Crippen molar-refractivity contribution in [2.75, 3.05) is 0 Å². The summed E-state index contributed by atoms with van der Waals surface area (Å²) < 4.78 is 2.87. The molecule has 1 atom stereocenters. The monoisotopic (exact) mass is 395 g/mol. The topological polar surface area (TPSA) is 43.8 Å². The maximum absolute atomic E-state index is 6.30. The highest BCUT2D eigenvalue weighted by molar-refractivity contribution is 14.1. The van der Waals surface area contributed by atoms with Gasteiger partial charge in [0.25, 0.3) is 0 Å². The predicted molar refractivity (Wildman–Crippen MR) is 83.1 cm³/mol. The Labute approximate surface area is 129 Å². The standard InChI is InChI=1S/C12H12Cl2IN3/c1-2-18-12(9(14)6-17-18)11(16)8-5-7(13)3-4-10(8)15/h3-6,11H,2,16H2,1H3. The highest BCUT2D eigenvalue weighted by Gasteiger charge is 2.20. The quantitative estimate of drug-likeness (QED) is 0.802. The molecule has 0 aliphatic heterocycles. The number of rotatable bonds is 3.